The number of carbonyl (C=O) groups is 4. The van der Waals surface area contributed by atoms with Crippen LogP contribution in [0.2, 0.25) is 0 Å². The first kappa shape index (κ1) is 81.7. The number of rotatable bonds is 21. The summed E-state index contributed by atoms with van der Waals surface area (Å²) in [6, 6.07) is 30.4. The summed E-state index contributed by atoms with van der Waals surface area (Å²) < 4.78 is 94.3. The molecule has 0 saturated heterocycles. The molecule has 9 aromatic rings. The molecule has 0 spiro atoms. The number of carboxylic acid groups (broad SMARTS) is 4. The van der Waals surface area contributed by atoms with Crippen molar-refractivity contribution in [3.63, 3.8) is 0 Å². The van der Waals surface area contributed by atoms with Crippen molar-refractivity contribution in [1.29, 1.82) is 0 Å². The number of sulfonamides is 3. The van der Waals surface area contributed by atoms with Gasteiger partial charge >= 0.3 is 23.9 Å². The molecule has 0 aliphatic carbocycles. The van der Waals surface area contributed by atoms with Crippen LogP contribution in [0.3, 0.4) is 0 Å². The number of hydrogen-bond acceptors (Lipinski definition) is 16. The van der Waals surface area contributed by atoms with E-state index in [1.54, 1.807) is 37.6 Å². The Labute approximate surface area is 593 Å². The van der Waals surface area contributed by atoms with Crippen molar-refractivity contribution in [3.05, 3.63) is 178 Å². The second-order valence-electron chi connectivity index (χ2n) is 27.6. The molecule has 99 heavy (non-hydrogen) atoms. The van der Waals surface area contributed by atoms with Crippen LogP contribution in [0.5, 0.6) is 0 Å². The van der Waals surface area contributed by atoms with E-state index < -0.39 is 70.6 Å². The third kappa shape index (κ3) is 27.6. The van der Waals surface area contributed by atoms with Gasteiger partial charge < -0.3 is 34.1 Å². The van der Waals surface area contributed by atoms with Gasteiger partial charge in [0.2, 0.25) is 0 Å². The molecule has 0 atom stereocenters. The van der Waals surface area contributed by atoms with E-state index in [4.69, 9.17) is 39.6 Å². The molecule has 0 aliphatic heterocycles. The Kier molecular flexibility index (Phi) is 29.2. The normalized spacial score (nSPS) is 12.0. The van der Waals surface area contributed by atoms with E-state index in [0.717, 1.165) is 104 Å². The van der Waals surface area contributed by atoms with Gasteiger partial charge in [0.1, 0.15) is 12.6 Å². The highest BCUT2D eigenvalue weighted by Gasteiger charge is 2.31. The maximum Gasteiger partial charge on any atom is 0.414 e. The Morgan fingerprint density at radius 3 is 0.768 bits per heavy atom. The van der Waals surface area contributed by atoms with Gasteiger partial charge in [0.05, 0.1) is 19.0 Å². The van der Waals surface area contributed by atoms with Crippen molar-refractivity contribution < 1.29 is 64.9 Å². The zero-order chi connectivity index (χ0) is 74.0. The minimum atomic E-state index is -3.61. The largest absolute Gasteiger partial charge is 0.473 e. The second-order valence-corrected chi connectivity index (χ2v) is 36.7. The summed E-state index contributed by atoms with van der Waals surface area (Å²) in [4.78, 5) is 51.9. The van der Waals surface area contributed by atoms with Crippen LogP contribution in [0.4, 0.5) is 0 Å². The maximum atomic E-state index is 13.1. The minimum Gasteiger partial charge on any atom is -0.473 e. The molecule has 0 unspecified atom stereocenters. The van der Waals surface area contributed by atoms with Crippen molar-refractivity contribution in [3.8, 4) is 33.4 Å². The summed E-state index contributed by atoms with van der Waals surface area (Å²) in [5.41, 5.74) is 6.89. The van der Waals surface area contributed by atoms with Crippen LogP contribution in [-0.2, 0) is 88.1 Å². The summed E-state index contributed by atoms with van der Waals surface area (Å²) >= 11 is 4.13. The van der Waals surface area contributed by atoms with Crippen LogP contribution in [0.25, 0.3) is 33.4 Å². The van der Waals surface area contributed by atoms with Gasteiger partial charge in [-0.15, -0.1) is 34.0 Å². The third-order valence-corrected chi connectivity index (χ3v) is 23.4. The molecule has 6 aromatic heterocycles. The second kappa shape index (κ2) is 35.4. The number of nitrogens with one attached hydrogen (secondary N) is 3. The monoisotopic (exact) mass is 1470 g/mol. The number of aliphatic carboxylic acids is 4. The summed E-state index contributed by atoms with van der Waals surface area (Å²) in [5, 5.41) is 29.6. The van der Waals surface area contributed by atoms with Crippen LogP contribution in [0.15, 0.2) is 160 Å². The van der Waals surface area contributed by atoms with Crippen molar-refractivity contribution in [2.24, 2.45) is 17.8 Å². The molecule has 9 rings (SSSR count). The molecule has 0 radical (unpaired) electrons. The van der Waals surface area contributed by atoms with E-state index in [9.17, 15) is 25.3 Å². The van der Waals surface area contributed by atoms with Gasteiger partial charge in [0, 0.05) is 105 Å². The molecule has 7 N–H and O–H groups in total. The molecule has 6 heterocycles. The summed E-state index contributed by atoms with van der Waals surface area (Å²) in [6.45, 7) is 31.8. The molecule has 0 amide bonds. The highest BCUT2D eigenvalue weighted by molar-refractivity contribution is 7.92. The molecule has 23 nitrogen and oxygen atoms in total. The molecule has 0 saturated carbocycles. The number of thiophene rings is 3. The molecular weight excluding hydrogens is 1380 g/mol. The van der Waals surface area contributed by atoms with E-state index in [-0.39, 0.29) is 0 Å². The SMILES string of the molecule is CC(C)Cc1cc(-c2ccc(Cn3ccnc3)cc2)c(S(=O)(=O)NC(C)(C)C)s1.CC(C)Cc1cc(-c2ccc(Cn3ccnc3)cc2)c(S(=O)(=O)NC(C)(C)C)s1.CC(C)Cc1cc(-c2ccc(Cn3ccnc3)cc2)c(S(=O)(=O)NC(C)(C)C)s1.O=C(O)C(=O)O.O=C(O)C(=O)O. The molecule has 0 aliphatic rings. The first-order chi connectivity index (χ1) is 45.9. The van der Waals surface area contributed by atoms with Gasteiger partial charge in [-0.1, -0.05) is 114 Å². The molecule has 3 aromatic carbocycles. The standard InChI is InChI=1S/3C22H29N3O2S2.2C2H2O4/c3*1-16(2)12-19-13-20(21(28-19)29(26,27)24-22(3,4)5)18-8-6-17(7-9-18)14-25-11-10-23-15-25;2*3-1(4)2(5)6/h3*6-11,13,15-16,24H,12,14H2,1-5H3;2*(H,3,4)(H,5,6). The molecule has 0 fully saturated rings. The Hall–Kier alpha value is -8.00. The zero-order valence-electron chi connectivity index (χ0n) is 58.3. The molecule has 0 bridgehead atoms. The number of benzene rings is 3. The fourth-order valence-electron chi connectivity index (χ4n) is 9.47. The number of aromatic nitrogens is 6. The Morgan fingerprint density at radius 1 is 0.394 bits per heavy atom. The summed E-state index contributed by atoms with van der Waals surface area (Å²) in [7, 11) is -10.8. The van der Waals surface area contributed by atoms with Crippen LogP contribution in [-0.4, -0.2) is 115 Å². The van der Waals surface area contributed by atoms with E-state index in [1.807, 2.05) is 186 Å². The average Bonchev–Trinajstić information content (AvgIpc) is 1.68. The van der Waals surface area contributed by atoms with Crippen LogP contribution < -0.4 is 14.2 Å². The van der Waals surface area contributed by atoms with E-state index in [2.05, 4.69) is 70.7 Å². The first-order valence-electron chi connectivity index (χ1n) is 31.5. The molecule has 536 valence electrons. The molecule has 29 heteroatoms. The van der Waals surface area contributed by atoms with Gasteiger partial charge in [-0.2, -0.15) is 0 Å². The van der Waals surface area contributed by atoms with Crippen LogP contribution in [0, 0.1) is 17.8 Å². The predicted octanol–water partition coefficient (Wildman–Crippen LogP) is 13.1. The number of hydrogen-bond donors (Lipinski definition) is 7. The maximum absolute atomic E-state index is 13.1. The fourth-order valence-corrected chi connectivity index (χ4v) is 19.6. The lowest BCUT2D eigenvalue weighted by molar-refractivity contribution is -0.159. The average molecular weight is 1470 g/mol. The zero-order valence-corrected chi connectivity index (χ0v) is 63.2. The Bertz CT molecular complexity index is 3960. The smallest absolute Gasteiger partial charge is 0.414 e. The van der Waals surface area contributed by atoms with E-state index >= 15 is 0 Å². The Morgan fingerprint density at radius 2 is 0.606 bits per heavy atom. The quantitative estimate of drug-likeness (QED) is 0.0329. The van der Waals surface area contributed by atoms with Crippen molar-refractivity contribution >= 4 is 88.0 Å². The van der Waals surface area contributed by atoms with E-state index in [0.29, 0.717) is 30.4 Å². The van der Waals surface area contributed by atoms with Gasteiger partial charge in [0.15, 0.2) is 0 Å². The Balaban J connectivity index is 0.000000247. The van der Waals surface area contributed by atoms with Gasteiger partial charge in [-0.25, -0.2) is 73.5 Å². The number of nitrogens with zero attached hydrogens (tertiary/aromatic N) is 6. The summed E-state index contributed by atoms with van der Waals surface area (Å²) in [5.74, 6) is -5.91. The van der Waals surface area contributed by atoms with Crippen LogP contribution >= 0.6 is 34.0 Å². The third-order valence-electron chi connectivity index (χ3n) is 13.1. The van der Waals surface area contributed by atoms with Gasteiger partial charge in [-0.3, -0.25) is 0 Å². The van der Waals surface area contributed by atoms with Crippen molar-refractivity contribution in [2.45, 2.75) is 172 Å². The summed E-state index contributed by atoms with van der Waals surface area (Å²) in [6.07, 6.45) is 19.0. The number of imidazole rings is 3. The fraction of sp³-hybridized carbons (Fsp3) is 0.386. The topological polar surface area (TPSA) is 341 Å². The van der Waals surface area contributed by atoms with Gasteiger partial charge in [-0.05, 0) is 151 Å². The van der Waals surface area contributed by atoms with E-state index in [1.165, 1.54) is 34.0 Å². The lowest BCUT2D eigenvalue weighted by Crippen LogP contribution is -2.40. The highest BCUT2D eigenvalue weighted by atomic mass is 32.3. The lowest BCUT2D eigenvalue weighted by atomic mass is 10.0. The number of carboxylic acids is 4. The minimum absolute atomic E-state index is 0.394. The lowest BCUT2D eigenvalue weighted by Gasteiger charge is -2.20. The van der Waals surface area contributed by atoms with Crippen molar-refractivity contribution in [2.75, 3.05) is 0 Å². The highest BCUT2D eigenvalue weighted by Crippen LogP contribution is 2.40. The molecular formula is C70H91N9O14S6. The van der Waals surface area contributed by atoms with Gasteiger partial charge in [0.25, 0.3) is 30.1 Å². The first-order valence-corrected chi connectivity index (χ1v) is 38.4. The predicted molar refractivity (Wildman–Crippen MR) is 390 cm³/mol. The van der Waals surface area contributed by atoms with Crippen LogP contribution in [0.1, 0.15) is 135 Å². The van der Waals surface area contributed by atoms with Crippen molar-refractivity contribution in [1.82, 2.24) is 42.8 Å².